The fraction of sp³-hybridized carbons (Fsp3) is 0.500. The number of unbranched alkanes of at least 4 members (excludes halogenated alkanes) is 9. The molecule has 0 aromatic carbocycles. The van der Waals surface area contributed by atoms with Crippen LogP contribution in [0.25, 0.3) is 0 Å². The van der Waals surface area contributed by atoms with Crippen LogP contribution in [0.4, 0.5) is 0 Å². The third-order valence-corrected chi connectivity index (χ3v) is 5.12. The predicted octanol–water partition coefficient (Wildman–Crippen LogP) is 4.29. The molecule has 0 unspecified atom stereocenters. The molecule has 2 heterocycles. The lowest BCUT2D eigenvalue weighted by Gasteiger charge is -2.06. The molecule has 174 valence electrons. The van der Waals surface area contributed by atoms with E-state index in [1.807, 2.05) is 24.3 Å². The van der Waals surface area contributed by atoms with Gasteiger partial charge in [-0.1, -0.05) is 61.7 Å². The van der Waals surface area contributed by atoms with Gasteiger partial charge < -0.3 is 19.9 Å². The number of hydrogen-bond acceptors (Lipinski definition) is 6. The monoisotopic (exact) mass is 444 g/mol. The summed E-state index contributed by atoms with van der Waals surface area (Å²) < 4.78 is 11.5. The third-order valence-electron chi connectivity index (χ3n) is 5.12. The Hall–Kier alpha value is -3.16. The first-order chi connectivity index (χ1) is 15.8. The summed E-state index contributed by atoms with van der Waals surface area (Å²) in [6.07, 6.45) is 18.2. The molecule has 0 aliphatic rings. The standard InChI is InChI=1S/C24H34N4O4/c29-27-19-21-23(13-11-15-25-21)31-17-9-7-5-3-1-2-4-6-8-10-18-32-24-14-12-16-26-22(24)20-28-30/h11-16,19-20,29-30H,1-10,17-18H2/p+2/b27-19-,28-20-. The zero-order valence-electron chi connectivity index (χ0n) is 18.7. The molecule has 0 aliphatic carbocycles. The zero-order valence-corrected chi connectivity index (χ0v) is 18.7. The molecular weight excluding hydrogens is 408 g/mol. The molecule has 0 fully saturated rings. The van der Waals surface area contributed by atoms with Crippen LogP contribution in [-0.4, -0.2) is 36.1 Å². The first-order valence-corrected chi connectivity index (χ1v) is 11.5. The second-order valence-corrected chi connectivity index (χ2v) is 7.62. The minimum Gasteiger partial charge on any atom is -0.487 e. The second-order valence-electron chi connectivity index (χ2n) is 7.62. The molecule has 2 rings (SSSR count). The Morgan fingerprint density at radius 2 is 1.00 bits per heavy atom. The molecule has 0 atom stereocenters. The first kappa shape index (κ1) is 25.1. The minimum atomic E-state index is 0.668. The van der Waals surface area contributed by atoms with Crippen molar-refractivity contribution in [2.45, 2.75) is 64.2 Å². The number of H-pyrrole nitrogens is 2. The van der Waals surface area contributed by atoms with Gasteiger partial charge in [0.05, 0.1) is 13.2 Å². The average molecular weight is 445 g/mol. The Bertz CT molecular complexity index is 747. The lowest BCUT2D eigenvalue weighted by molar-refractivity contribution is -0.381. The number of pyridine rings is 2. The largest absolute Gasteiger partial charge is 0.487 e. The molecule has 8 nitrogen and oxygen atoms in total. The molecular formula is C24H36N4O4+2. The van der Waals surface area contributed by atoms with Crippen LogP contribution >= 0.6 is 0 Å². The van der Waals surface area contributed by atoms with Crippen molar-refractivity contribution < 1.29 is 29.9 Å². The summed E-state index contributed by atoms with van der Waals surface area (Å²) in [5.41, 5.74) is 1.34. The number of nitrogens with zero attached hydrogens (tertiary/aromatic N) is 2. The molecule has 0 spiro atoms. The van der Waals surface area contributed by atoms with Crippen LogP contribution in [-0.2, 0) is 0 Å². The van der Waals surface area contributed by atoms with Crippen LogP contribution in [0.3, 0.4) is 0 Å². The summed E-state index contributed by atoms with van der Waals surface area (Å²) >= 11 is 0. The summed E-state index contributed by atoms with van der Waals surface area (Å²) in [6.45, 7) is 1.34. The van der Waals surface area contributed by atoms with Gasteiger partial charge in [-0.05, 0) is 25.0 Å². The molecule has 32 heavy (non-hydrogen) atoms. The first-order valence-electron chi connectivity index (χ1n) is 11.5. The van der Waals surface area contributed by atoms with E-state index in [4.69, 9.17) is 19.9 Å². The van der Waals surface area contributed by atoms with Crippen LogP contribution in [0.5, 0.6) is 11.5 Å². The molecule has 0 radical (unpaired) electrons. The maximum absolute atomic E-state index is 8.67. The maximum Gasteiger partial charge on any atom is 0.267 e. The van der Waals surface area contributed by atoms with E-state index in [-0.39, 0.29) is 0 Å². The van der Waals surface area contributed by atoms with Crippen molar-refractivity contribution in [2.75, 3.05) is 13.2 Å². The van der Waals surface area contributed by atoms with Crippen molar-refractivity contribution in [1.29, 1.82) is 0 Å². The van der Waals surface area contributed by atoms with E-state index in [9.17, 15) is 0 Å². The van der Waals surface area contributed by atoms with Gasteiger partial charge in [-0.2, -0.15) is 0 Å². The zero-order chi connectivity index (χ0) is 22.7. The van der Waals surface area contributed by atoms with Gasteiger partial charge in [-0.3, -0.25) is 0 Å². The highest BCUT2D eigenvalue weighted by molar-refractivity contribution is 5.78. The smallest absolute Gasteiger partial charge is 0.267 e. The Kier molecular flexibility index (Phi) is 13.0. The fourth-order valence-corrected chi connectivity index (χ4v) is 3.42. The normalized spacial score (nSPS) is 11.4. The molecule has 4 N–H and O–H groups in total. The molecule has 0 saturated heterocycles. The summed E-state index contributed by atoms with van der Waals surface area (Å²) in [5, 5.41) is 23.4. The Morgan fingerprint density at radius 1 is 0.625 bits per heavy atom. The number of hydrogen-bond donors (Lipinski definition) is 2. The highest BCUT2D eigenvalue weighted by atomic mass is 16.5. The van der Waals surface area contributed by atoms with Crippen molar-refractivity contribution in [3.63, 3.8) is 0 Å². The van der Waals surface area contributed by atoms with Crippen molar-refractivity contribution in [3.8, 4) is 11.5 Å². The van der Waals surface area contributed by atoms with Gasteiger partial charge in [0.1, 0.15) is 12.4 Å². The van der Waals surface area contributed by atoms with E-state index in [2.05, 4.69) is 20.3 Å². The van der Waals surface area contributed by atoms with Gasteiger partial charge in [0.2, 0.25) is 0 Å². The second kappa shape index (κ2) is 16.5. The van der Waals surface area contributed by atoms with Crippen molar-refractivity contribution in [3.05, 3.63) is 48.0 Å². The van der Waals surface area contributed by atoms with Crippen LogP contribution in [0.15, 0.2) is 47.0 Å². The molecule has 0 amide bonds. The number of nitrogens with one attached hydrogen (secondary N) is 2. The fourth-order valence-electron chi connectivity index (χ4n) is 3.42. The van der Waals surface area contributed by atoms with E-state index >= 15 is 0 Å². The van der Waals surface area contributed by atoms with Crippen LogP contribution < -0.4 is 19.4 Å². The molecule has 8 heteroatoms. The highest BCUT2D eigenvalue weighted by Crippen LogP contribution is 2.15. The van der Waals surface area contributed by atoms with Crippen molar-refractivity contribution >= 4 is 12.4 Å². The molecule has 2 aromatic heterocycles. The lowest BCUT2D eigenvalue weighted by atomic mass is 10.1. The van der Waals surface area contributed by atoms with Crippen molar-refractivity contribution in [2.24, 2.45) is 10.3 Å². The average Bonchev–Trinajstić information content (AvgIpc) is 2.81. The van der Waals surface area contributed by atoms with Crippen LogP contribution in [0.1, 0.15) is 75.6 Å². The predicted molar refractivity (Wildman–Crippen MR) is 122 cm³/mol. The minimum absolute atomic E-state index is 0.668. The SMILES string of the molecule is O/N=C\c1[nH+]cccc1OCCCCCCCCCCCCOc1ccc[nH+]c1/C=N\O. The quantitative estimate of drug-likeness (QED) is 0.164. The Labute approximate surface area is 190 Å². The summed E-state index contributed by atoms with van der Waals surface area (Å²) in [5.74, 6) is 1.41. The molecule has 0 aliphatic heterocycles. The summed E-state index contributed by atoms with van der Waals surface area (Å²) in [6, 6.07) is 7.46. The van der Waals surface area contributed by atoms with E-state index in [1.54, 1.807) is 12.4 Å². The molecule has 0 saturated carbocycles. The van der Waals surface area contributed by atoms with Crippen LogP contribution in [0.2, 0.25) is 0 Å². The van der Waals surface area contributed by atoms with Gasteiger partial charge in [0.15, 0.2) is 23.9 Å². The number of ether oxygens (including phenoxy) is 2. The summed E-state index contributed by atoms with van der Waals surface area (Å²) in [7, 11) is 0. The van der Waals surface area contributed by atoms with Crippen molar-refractivity contribution in [1.82, 2.24) is 0 Å². The number of aromatic amines is 2. The van der Waals surface area contributed by atoms with Gasteiger partial charge in [-0.25, -0.2) is 9.97 Å². The van der Waals surface area contributed by atoms with Gasteiger partial charge >= 0.3 is 0 Å². The third kappa shape index (κ3) is 10.2. The van der Waals surface area contributed by atoms with Gasteiger partial charge in [0, 0.05) is 12.1 Å². The topological polar surface area (TPSA) is 112 Å². The van der Waals surface area contributed by atoms with E-state index in [1.165, 1.54) is 51.0 Å². The summed E-state index contributed by atoms with van der Waals surface area (Å²) in [4.78, 5) is 5.99. The van der Waals surface area contributed by atoms with Crippen LogP contribution in [0, 0.1) is 0 Å². The number of aromatic nitrogens is 2. The van der Waals surface area contributed by atoms with E-state index < -0.39 is 0 Å². The number of oxime groups is 2. The number of rotatable bonds is 17. The Balaban J connectivity index is 1.39. The maximum atomic E-state index is 8.67. The molecule has 0 bridgehead atoms. The van der Waals surface area contributed by atoms with E-state index in [0.717, 1.165) is 25.7 Å². The Morgan fingerprint density at radius 3 is 1.38 bits per heavy atom. The molecule has 2 aromatic rings. The van der Waals surface area contributed by atoms with E-state index in [0.29, 0.717) is 36.1 Å². The van der Waals surface area contributed by atoms with Gasteiger partial charge in [-0.15, -0.1) is 0 Å². The highest BCUT2D eigenvalue weighted by Gasteiger charge is 2.08. The lowest BCUT2D eigenvalue weighted by Crippen LogP contribution is -2.12. The van der Waals surface area contributed by atoms with Gasteiger partial charge in [0.25, 0.3) is 11.4 Å².